The van der Waals surface area contributed by atoms with Crippen LogP contribution >= 0.6 is 11.6 Å². The third kappa shape index (κ3) is 5.85. The van der Waals surface area contributed by atoms with Crippen molar-refractivity contribution in [1.29, 1.82) is 5.26 Å². The maximum Gasteiger partial charge on any atom is 0.411 e. The van der Waals surface area contributed by atoms with E-state index in [1.165, 1.54) is 10.8 Å². The second-order valence-corrected chi connectivity index (χ2v) is 8.35. The summed E-state index contributed by atoms with van der Waals surface area (Å²) >= 11 is 5.95. The lowest BCUT2D eigenvalue weighted by Crippen LogP contribution is -2.27. The predicted molar refractivity (Wildman–Crippen MR) is 125 cm³/mol. The summed E-state index contributed by atoms with van der Waals surface area (Å²) in [6, 6.07) is 5.68. The van der Waals surface area contributed by atoms with Gasteiger partial charge in [0.1, 0.15) is 23.0 Å². The Morgan fingerprint density at radius 1 is 1.18 bits per heavy atom. The van der Waals surface area contributed by atoms with Crippen LogP contribution in [0.1, 0.15) is 37.5 Å². The van der Waals surface area contributed by atoms with E-state index in [1.54, 1.807) is 27.9 Å². The van der Waals surface area contributed by atoms with Crippen molar-refractivity contribution < 1.29 is 23.8 Å². The second-order valence-electron chi connectivity index (χ2n) is 8.02. The van der Waals surface area contributed by atoms with E-state index in [2.05, 4.69) is 14.7 Å². The lowest BCUT2D eigenvalue weighted by Gasteiger charge is -2.17. The molecule has 180 valence electrons. The van der Waals surface area contributed by atoms with Crippen molar-refractivity contribution in [3.05, 3.63) is 40.3 Å². The zero-order chi connectivity index (χ0) is 25.8. The Kier molecular flexibility index (Phi) is 7.92. The van der Waals surface area contributed by atoms with Crippen molar-refractivity contribution in [1.82, 2.24) is 14.5 Å². The fraction of sp³-hybridized carbons (Fsp3) is 0.318. The van der Waals surface area contributed by atoms with Gasteiger partial charge in [-0.05, 0) is 57.8 Å². The second kappa shape index (κ2) is 10.3. The molecule has 2 heterocycles. The molecule has 12 heteroatoms. The van der Waals surface area contributed by atoms with Gasteiger partial charge in [0.15, 0.2) is 5.65 Å². The number of nitrogens with zero attached hydrogens (tertiary/aromatic N) is 4. The van der Waals surface area contributed by atoms with Crippen molar-refractivity contribution >= 4 is 34.8 Å². The largest absolute Gasteiger partial charge is 0.496 e. The van der Waals surface area contributed by atoms with E-state index in [1.807, 2.05) is 32.0 Å². The van der Waals surface area contributed by atoms with E-state index in [4.69, 9.17) is 32.5 Å². The van der Waals surface area contributed by atoms with Crippen LogP contribution in [0.25, 0.3) is 16.7 Å². The zero-order valence-corrected chi connectivity index (χ0v) is 20.4. The molecular weight excluding hydrogens is 464 g/mol. The first-order valence-corrected chi connectivity index (χ1v) is 10.3. The highest BCUT2D eigenvalue weighted by atomic mass is 35.5. The van der Waals surface area contributed by atoms with Gasteiger partial charge in [-0.15, -0.1) is 0 Å². The molecule has 0 bridgehead atoms. The number of amides is 2. The van der Waals surface area contributed by atoms with Crippen LogP contribution in [0, 0.1) is 25.2 Å². The number of aromatic nitrogens is 3. The summed E-state index contributed by atoms with van der Waals surface area (Å²) in [5, 5.41) is 9.96. The fourth-order valence-electron chi connectivity index (χ4n) is 3.21. The summed E-state index contributed by atoms with van der Waals surface area (Å²) in [5.41, 5.74) is 12.1. The van der Waals surface area contributed by atoms with Crippen molar-refractivity contribution in [3.63, 3.8) is 0 Å². The van der Waals surface area contributed by atoms with Crippen LogP contribution in [0.3, 0.4) is 0 Å². The van der Waals surface area contributed by atoms with Crippen molar-refractivity contribution in [2.75, 3.05) is 7.11 Å². The Balaban J connectivity index is 0.000000440. The van der Waals surface area contributed by atoms with Gasteiger partial charge in [0.05, 0.1) is 18.2 Å². The first kappa shape index (κ1) is 26.2. The van der Waals surface area contributed by atoms with E-state index < -0.39 is 17.8 Å². The van der Waals surface area contributed by atoms with Gasteiger partial charge < -0.3 is 25.7 Å². The van der Waals surface area contributed by atoms with E-state index in [0.717, 1.165) is 11.1 Å². The van der Waals surface area contributed by atoms with Crippen LogP contribution in [0.2, 0.25) is 5.28 Å². The number of nitriles is 1. The predicted octanol–water partition coefficient (Wildman–Crippen LogP) is 3.91. The number of carbonyl (C=O) groups is 2. The minimum absolute atomic E-state index is 0.00966. The van der Waals surface area contributed by atoms with Gasteiger partial charge in [0.25, 0.3) is 0 Å². The molecule has 0 spiro atoms. The van der Waals surface area contributed by atoms with Gasteiger partial charge in [-0.3, -0.25) is 4.57 Å². The number of nitrogens with two attached hydrogens (primary N) is 2. The Bertz CT molecular complexity index is 1290. The molecule has 0 unspecified atom stereocenters. The Morgan fingerprint density at radius 2 is 1.82 bits per heavy atom. The number of hydrogen-bond acceptors (Lipinski definition) is 8. The average molecular weight is 489 g/mol. The number of methoxy groups -OCH3 is 1. The zero-order valence-electron chi connectivity index (χ0n) is 19.6. The smallest absolute Gasteiger partial charge is 0.411 e. The third-order valence-electron chi connectivity index (χ3n) is 4.38. The van der Waals surface area contributed by atoms with Crippen LogP contribution in [0.5, 0.6) is 11.6 Å². The summed E-state index contributed by atoms with van der Waals surface area (Å²) in [6.45, 7) is 9.00. The maximum atomic E-state index is 11.4. The van der Waals surface area contributed by atoms with E-state index in [9.17, 15) is 14.9 Å². The highest BCUT2D eigenvalue weighted by molar-refractivity contribution is 6.28. The number of ether oxygens (including phenoxy) is 3. The lowest BCUT2D eigenvalue weighted by molar-refractivity contribution is 0.0600. The van der Waals surface area contributed by atoms with Gasteiger partial charge in [-0.2, -0.15) is 10.2 Å². The molecule has 0 fully saturated rings. The van der Waals surface area contributed by atoms with Gasteiger partial charge in [0.2, 0.25) is 11.2 Å². The molecule has 2 amide bonds. The Labute approximate surface area is 201 Å². The number of benzene rings is 1. The molecule has 0 aliphatic carbocycles. The normalized spacial score (nSPS) is 10.6. The quantitative estimate of drug-likeness (QED) is 0.522. The molecule has 0 aliphatic rings. The number of hydrogen-bond donors (Lipinski definition) is 2. The molecule has 0 aliphatic heterocycles. The van der Waals surface area contributed by atoms with Crippen molar-refractivity contribution in [2.24, 2.45) is 11.5 Å². The van der Waals surface area contributed by atoms with Crippen LogP contribution in [0.4, 0.5) is 9.59 Å². The molecule has 3 rings (SSSR count). The molecule has 2 aromatic heterocycles. The van der Waals surface area contributed by atoms with Gasteiger partial charge in [-0.1, -0.05) is 6.07 Å². The van der Waals surface area contributed by atoms with E-state index in [-0.39, 0.29) is 16.7 Å². The van der Waals surface area contributed by atoms with Crippen LogP contribution in [-0.2, 0) is 4.74 Å². The summed E-state index contributed by atoms with van der Waals surface area (Å²) in [4.78, 5) is 29.6. The fourth-order valence-corrected chi connectivity index (χ4v) is 3.34. The SMILES string of the molecule is CC(C)(C)OC(N)=O.COc1ccc(C)c(-n2c(OC(N)=O)c(C#N)c3cnc(Cl)nc32)c1C. The molecule has 3 aromatic rings. The molecule has 34 heavy (non-hydrogen) atoms. The number of carbonyl (C=O) groups excluding carboxylic acids is 2. The standard InChI is InChI=1S/C17H14ClN5O3.C5H11NO2/c1-8-4-5-12(25-3)9(2)13(8)23-14-11(7-21-16(18)22-14)10(6-19)15(23)26-17(20)24;1-5(2,3)8-4(6)7/h4-5,7H,1-3H3,(H2,20,24);1-3H3,(H2,6,7). The van der Waals surface area contributed by atoms with Gasteiger partial charge in [-0.25, -0.2) is 14.6 Å². The van der Waals surface area contributed by atoms with E-state index >= 15 is 0 Å². The van der Waals surface area contributed by atoms with Gasteiger partial charge >= 0.3 is 12.2 Å². The van der Waals surface area contributed by atoms with Gasteiger partial charge in [0, 0.05) is 11.8 Å². The number of rotatable bonds is 3. The molecule has 4 N–H and O–H groups in total. The topological polar surface area (TPSA) is 168 Å². The molecule has 0 saturated carbocycles. The lowest BCUT2D eigenvalue weighted by atomic mass is 10.1. The van der Waals surface area contributed by atoms with Crippen molar-refractivity contribution in [3.8, 4) is 23.4 Å². The van der Waals surface area contributed by atoms with Crippen LogP contribution < -0.4 is 20.9 Å². The van der Waals surface area contributed by atoms with Crippen LogP contribution in [0.15, 0.2) is 18.3 Å². The molecule has 0 saturated heterocycles. The molecule has 11 nitrogen and oxygen atoms in total. The minimum atomic E-state index is -1.05. The summed E-state index contributed by atoms with van der Waals surface area (Å²) < 4.78 is 16.6. The number of primary amides is 2. The molecule has 1 aromatic carbocycles. The Morgan fingerprint density at radius 3 is 2.29 bits per heavy atom. The number of halogens is 1. The summed E-state index contributed by atoms with van der Waals surface area (Å²) in [6.07, 6.45) is -0.376. The first-order chi connectivity index (χ1) is 15.8. The summed E-state index contributed by atoms with van der Waals surface area (Å²) in [7, 11) is 1.55. The summed E-state index contributed by atoms with van der Waals surface area (Å²) in [5.74, 6) is 0.571. The third-order valence-corrected chi connectivity index (χ3v) is 4.56. The average Bonchev–Trinajstić information content (AvgIpc) is 2.98. The monoisotopic (exact) mass is 488 g/mol. The maximum absolute atomic E-state index is 11.4. The van der Waals surface area contributed by atoms with E-state index in [0.29, 0.717) is 22.5 Å². The Hall–Kier alpha value is -4.04. The highest BCUT2D eigenvalue weighted by Crippen LogP contribution is 2.38. The first-order valence-electron chi connectivity index (χ1n) is 9.88. The number of aryl methyl sites for hydroxylation is 1. The molecular formula is C22H25ClN6O5. The molecule has 0 atom stereocenters. The van der Waals surface area contributed by atoms with Crippen molar-refractivity contribution in [2.45, 2.75) is 40.2 Å². The minimum Gasteiger partial charge on any atom is -0.496 e. The molecule has 0 radical (unpaired) electrons. The highest BCUT2D eigenvalue weighted by Gasteiger charge is 2.26. The van der Waals surface area contributed by atoms with Crippen LogP contribution in [-0.4, -0.2) is 39.4 Å². The number of fused-ring (bicyclic) bond motifs is 1.